The van der Waals surface area contributed by atoms with Gasteiger partial charge in [-0.05, 0) is 42.6 Å². The highest BCUT2D eigenvalue weighted by Gasteiger charge is 2.15. The van der Waals surface area contributed by atoms with Crippen molar-refractivity contribution >= 4 is 0 Å². The van der Waals surface area contributed by atoms with Crippen LogP contribution in [0.4, 0.5) is 0 Å². The molecule has 0 radical (unpaired) electrons. The van der Waals surface area contributed by atoms with Crippen molar-refractivity contribution in [2.75, 3.05) is 13.2 Å². The van der Waals surface area contributed by atoms with Gasteiger partial charge in [0.2, 0.25) is 0 Å². The molecule has 112 valence electrons. The topological polar surface area (TPSA) is 39.1 Å². The normalized spacial score (nSPS) is 14.7. The Hall–Kier alpha value is -1.81. The van der Waals surface area contributed by atoms with Gasteiger partial charge in [-0.3, -0.25) is 4.68 Å². The maximum atomic E-state index is 5.58. The molecule has 4 nitrogen and oxygen atoms in total. The first-order valence-electron chi connectivity index (χ1n) is 7.83. The number of nitrogens with one attached hydrogen (secondary N) is 1. The van der Waals surface area contributed by atoms with Crippen LogP contribution in [-0.2, 0) is 13.0 Å². The maximum absolute atomic E-state index is 5.58. The monoisotopic (exact) mass is 285 g/mol. The largest absolute Gasteiger partial charge is 0.493 e. The number of ether oxygens (including phenoxy) is 1. The summed E-state index contributed by atoms with van der Waals surface area (Å²) in [7, 11) is 0. The number of nitrogens with zero attached hydrogens (tertiary/aromatic N) is 2. The molecule has 1 atom stereocenters. The SMILES string of the molecule is CCC(NCCCn1cccn1)c1ccc2c(c1)CCO2. The van der Waals surface area contributed by atoms with Crippen LogP contribution in [0.25, 0.3) is 0 Å². The van der Waals surface area contributed by atoms with Gasteiger partial charge in [0.25, 0.3) is 0 Å². The highest BCUT2D eigenvalue weighted by molar-refractivity contribution is 5.40. The first-order chi connectivity index (χ1) is 10.4. The van der Waals surface area contributed by atoms with Crippen molar-refractivity contribution in [3.05, 3.63) is 47.8 Å². The van der Waals surface area contributed by atoms with Crippen molar-refractivity contribution in [1.82, 2.24) is 15.1 Å². The molecule has 0 saturated heterocycles. The lowest BCUT2D eigenvalue weighted by atomic mass is 10.0. The van der Waals surface area contributed by atoms with Crippen molar-refractivity contribution in [1.29, 1.82) is 0 Å². The molecule has 3 rings (SSSR count). The van der Waals surface area contributed by atoms with E-state index in [1.54, 1.807) is 0 Å². The van der Waals surface area contributed by atoms with E-state index in [-0.39, 0.29) is 0 Å². The van der Waals surface area contributed by atoms with E-state index in [0.717, 1.165) is 44.7 Å². The molecule has 1 aliphatic rings. The molecule has 4 heteroatoms. The number of benzene rings is 1. The Morgan fingerprint density at radius 2 is 2.38 bits per heavy atom. The summed E-state index contributed by atoms with van der Waals surface area (Å²) in [6.07, 6.45) is 7.07. The Morgan fingerprint density at radius 1 is 1.43 bits per heavy atom. The molecule has 1 aliphatic heterocycles. The van der Waals surface area contributed by atoms with Crippen molar-refractivity contribution in [3.8, 4) is 5.75 Å². The van der Waals surface area contributed by atoms with E-state index < -0.39 is 0 Å². The molecule has 1 aromatic heterocycles. The van der Waals surface area contributed by atoms with Crippen LogP contribution in [0.1, 0.15) is 36.9 Å². The lowest BCUT2D eigenvalue weighted by Gasteiger charge is -2.18. The van der Waals surface area contributed by atoms with E-state index in [1.807, 2.05) is 23.1 Å². The molecule has 2 heterocycles. The van der Waals surface area contributed by atoms with Gasteiger partial charge in [0.1, 0.15) is 5.75 Å². The molecule has 0 bridgehead atoms. The predicted molar refractivity (Wildman–Crippen MR) is 83.5 cm³/mol. The zero-order valence-corrected chi connectivity index (χ0v) is 12.6. The number of aryl methyl sites for hydroxylation is 1. The summed E-state index contributed by atoms with van der Waals surface area (Å²) >= 11 is 0. The molecule has 21 heavy (non-hydrogen) atoms. The molecule has 2 aromatic rings. The third-order valence-corrected chi connectivity index (χ3v) is 4.04. The zero-order valence-electron chi connectivity index (χ0n) is 12.6. The van der Waals surface area contributed by atoms with Gasteiger partial charge in [-0.25, -0.2) is 0 Å². The van der Waals surface area contributed by atoms with Gasteiger partial charge in [0.05, 0.1) is 6.61 Å². The van der Waals surface area contributed by atoms with Crippen LogP contribution in [0.2, 0.25) is 0 Å². The van der Waals surface area contributed by atoms with Gasteiger partial charge in [0.15, 0.2) is 0 Å². The summed E-state index contributed by atoms with van der Waals surface area (Å²) in [5.74, 6) is 1.06. The van der Waals surface area contributed by atoms with Crippen LogP contribution in [0.15, 0.2) is 36.7 Å². The van der Waals surface area contributed by atoms with E-state index in [0.29, 0.717) is 6.04 Å². The molecule has 0 amide bonds. The molecule has 0 fully saturated rings. The molecule has 0 spiro atoms. The third-order valence-electron chi connectivity index (χ3n) is 4.04. The van der Waals surface area contributed by atoms with Crippen molar-refractivity contribution in [2.24, 2.45) is 0 Å². The Morgan fingerprint density at radius 3 is 3.19 bits per heavy atom. The Bertz CT molecular complexity index is 565. The molecule has 1 N–H and O–H groups in total. The van der Waals surface area contributed by atoms with Crippen LogP contribution in [0.3, 0.4) is 0 Å². The molecule has 1 unspecified atom stereocenters. The average molecular weight is 285 g/mol. The van der Waals surface area contributed by atoms with Crippen molar-refractivity contribution in [3.63, 3.8) is 0 Å². The number of aromatic nitrogens is 2. The minimum Gasteiger partial charge on any atom is -0.493 e. The lowest BCUT2D eigenvalue weighted by molar-refractivity contribution is 0.356. The summed E-state index contributed by atoms with van der Waals surface area (Å²) in [6.45, 7) is 5.03. The lowest BCUT2D eigenvalue weighted by Crippen LogP contribution is -2.23. The third kappa shape index (κ3) is 3.45. The maximum Gasteiger partial charge on any atom is 0.122 e. The van der Waals surface area contributed by atoms with Crippen LogP contribution >= 0.6 is 0 Å². The van der Waals surface area contributed by atoms with Crippen molar-refractivity contribution in [2.45, 2.75) is 38.8 Å². The minimum absolute atomic E-state index is 0.425. The highest BCUT2D eigenvalue weighted by atomic mass is 16.5. The summed E-state index contributed by atoms with van der Waals surface area (Å²) in [4.78, 5) is 0. The second-order valence-electron chi connectivity index (χ2n) is 5.50. The van der Waals surface area contributed by atoms with Gasteiger partial charge in [-0.1, -0.05) is 19.1 Å². The summed E-state index contributed by atoms with van der Waals surface area (Å²) < 4.78 is 7.56. The highest BCUT2D eigenvalue weighted by Crippen LogP contribution is 2.29. The number of hydrogen-bond acceptors (Lipinski definition) is 3. The van der Waals surface area contributed by atoms with Crippen molar-refractivity contribution < 1.29 is 4.74 Å². The first-order valence-corrected chi connectivity index (χ1v) is 7.83. The average Bonchev–Trinajstić information content (AvgIpc) is 3.17. The number of fused-ring (bicyclic) bond motifs is 1. The zero-order chi connectivity index (χ0) is 14.5. The number of rotatable bonds is 7. The van der Waals surface area contributed by atoms with E-state index in [9.17, 15) is 0 Å². The van der Waals surface area contributed by atoms with Gasteiger partial charge < -0.3 is 10.1 Å². The second kappa shape index (κ2) is 6.76. The smallest absolute Gasteiger partial charge is 0.122 e. The fraction of sp³-hybridized carbons (Fsp3) is 0.471. The quantitative estimate of drug-likeness (QED) is 0.795. The molecule has 1 aromatic carbocycles. The van der Waals surface area contributed by atoms with Crippen LogP contribution in [0.5, 0.6) is 5.75 Å². The van der Waals surface area contributed by atoms with E-state index in [1.165, 1.54) is 11.1 Å². The second-order valence-corrected chi connectivity index (χ2v) is 5.50. The van der Waals surface area contributed by atoms with E-state index in [4.69, 9.17) is 4.74 Å². The predicted octanol–water partition coefficient (Wildman–Crippen LogP) is 2.95. The van der Waals surface area contributed by atoms with Gasteiger partial charge in [0, 0.05) is 31.4 Å². The Balaban J connectivity index is 1.52. The van der Waals surface area contributed by atoms with E-state index in [2.05, 4.69) is 35.5 Å². The van der Waals surface area contributed by atoms with Crippen LogP contribution in [0, 0.1) is 0 Å². The van der Waals surface area contributed by atoms with Crippen LogP contribution < -0.4 is 10.1 Å². The fourth-order valence-electron chi connectivity index (χ4n) is 2.87. The molecule has 0 saturated carbocycles. The molecular formula is C17H23N3O. The molecular weight excluding hydrogens is 262 g/mol. The fourth-order valence-corrected chi connectivity index (χ4v) is 2.87. The van der Waals surface area contributed by atoms with Gasteiger partial charge >= 0.3 is 0 Å². The van der Waals surface area contributed by atoms with Crippen LogP contribution in [-0.4, -0.2) is 22.9 Å². The van der Waals surface area contributed by atoms with Gasteiger partial charge in [-0.2, -0.15) is 5.10 Å². The summed E-state index contributed by atoms with van der Waals surface area (Å²) in [5, 5.41) is 7.88. The number of hydrogen-bond donors (Lipinski definition) is 1. The summed E-state index contributed by atoms with van der Waals surface area (Å²) in [5.41, 5.74) is 2.73. The Kier molecular flexibility index (Phi) is 4.55. The standard InChI is InChI=1S/C17H23N3O/c1-2-16(18-8-3-10-20-11-4-9-19-20)14-5-6-17-15(13-14)7-12-21-17/h4-6,9,11,13,16,18H,2-3,7-8,10,12H2,1H3. The Labute approximate surface area is 126 Å². The summed E-state index contributed by atoms with van der Waals surface area (Å²) in [6, 6.07) is 9.00. The van der Waals surface area contributed by atoms with E-state index >= 15 is 0 Å². The molecule has 0 aliphatic carbocycles. The van der Waals surface area contributed by atoms with Gasteiger partial charge in [-0.15, -0.1) is 0 Å². The minimum atomic E-state index is 0.425. The first kappa shape index (κ1) is 14.1.